The van der Waals surface area contributed by atoms with E-state index in [1.54, 1.807) is 6.07 Å². The zero-order chi connectivity index (χ0) is 29.7. The number of aromatic hydroxyl groups is 1. The van der Waals surface area contributed by atoms with Crippen LogP contribution in [0.2, 0.25) is 0 Å². The molecule has 0 radical (unpaired) electrons. The minimum Gasteiger partial charge on any atom is -0.507 e. The number of hydrogen-bond donors (Lipinski definition) is 3. The molecule has 0 aromatic heterocycles. The maximum Gasteiger partial charge on any atom is 0.123 e. The Hall–Kier alpha value is -4.52. The molecule has 8 rings (SSSR count). The van der Waals surface area contributed by atoms with Crippen LogP contribution >= 0.6 is 0 Å². The number of phenolic OH excluding ortho intramolecular Hbond substituents is 1. The summed E-state index contributed by atoms with van der Waals surface area (Å²) in [6.45, 7) is 0.718. The Morgan fingerprint density at radius 1 is 0.605 bits per heavy atom. The third kappa shape index (κ3) is 3.42. The highest BCUT2D eigenvalue weighted by molar-refractivity contribution is 6.21. The van der Waals surface area contributed by atoms with E-state index in [0.717, 1.165) is 72.6 Å². The zero-order valence-corrected chi connectivity index (χ0v) is 24.8. The average Bonchev–Trinajstić information content (AvgIpc) is 3.00. The molecule has 0 spiro atoms. The summed E-state index contributed by atoms with van der Waals surface area (Å²) in [5.74, 6) is -0.903. The lowest BCUT2D eigenvalue weighted by atomic mass is 9.60. The van der Waals surface area contributed by atoms with E-state index in [4.69, 9.17) is 0 Å². The van der Waals surface area contributed by atoms with Gasteiger partial charge in [-0.25, -0.2) is 0 Å². The maximum absolute atomic E-state index is 12.2. The first-order valence-corrected chi connectivity index (χ1v) is 14.9. The van der Waals surface area contributed by atoms with Crippen LogP contribution in [0.25, 0.3) is 43.1 Å². The van der Waals surface area contributed by atoms with Crippen molar-refractivity contribution in [3.8, 4) is 5.75 Å². The van der Waals surface area contributed by atoms with Crippen LogP contribution in [0.5, 0.6) is 5.75 Å². The Labute approximate surface area is 250 Å². The molecule has 6 aromatic carbocycles. The molecule has 0 amide bonds. The molecule has 6 heteroatoms. The maximum atomic E-state index is 12.2. The number of rotatable bonds is 3. The number of aliphatic hydroxyl groups is 2. The molecule has 2 unspecified atom stereocenters. The van der Waals surface area contributed by atoms with Gasteiger partial charge in [-0.1, -0.05) is 72.8 Å². The topological polar surface area (TPSA) is 70.4 Å². The SMILES string of the molecule is CN(C)c1c2ccccc2c(C2C(O)C(c3c4cccc5c4c(c4cccc(O)c34)N(C)CN5C)C2O)c2ccccc12. The van der Waals surface area contributed by atoms with Gasteiger partial charge in [0.2, 0.25) is 0 Å². The standard InChI is InChI=1S/C37H35N3O3/c1-38(2)34-22-13-7-5-11-20(22)28(21-12-6-8-14-23(21)34)32-36(42)33(37(32)43)31-24-15-9-17-26-29(24)35(40(4)19-39(26)3)25-16-10-18-27(41)30(25)31/h5-18,32-33,36-37,41-43H,19H2,1-4H3. The number of aliphatic hydroxyl groups excluding tert-OH is 2. The van der Waals surface area contributed by atoms with Gasteiger partial charge in [0, 0.05) is 72.6 Å². The second-order valence-corrected chi connectivity index (χ2v) is 12.5. The predicted octanol–water partition coefficient (Wildman–Crippen LogP) is 6.52. The van der Waals surface area contributed by atoms with Gasteiger partial charge in [0.05, 0.1) is 30.3 Å². The van der Waals surface area contributed by atoms with Crippen molar-refractivity contribution in [3.63, 3.8) is 0 Å². The van der Waals surface area contributed by atoms with Crippen LogP contribution in [0.3, 0.4) is 0 Å². The van der Waals surface area contributed by atoms with E-state index in [9.17, 15) is 15.3 Å². The molecule has 6 nitrogen and oxygen atoms in total. The summed E-state index contributed by atoms with van der Waals surface area (Å²) in [6, 6.07) is 28.5. The lowest BCUT2D eigenvalue weighted by Gasteiger charge is -2.49. The van der Waals surface area contributed by atoms with E-state index < -0.39 is 24.0 Å². The van der Waals surface area contributed by atoms with Gasteiger partial charge < -0.3 is 30.0 Å². The van der Waals surface area contributed by atoms with Crippen LogP contribution in [0.1, 0.15) is 23.0 Å². The third-order valence-corrected chi connectivity index (χ3v) is 9.88. The smallest absolute Gasteiger partial charge is 0.123 e. The first-order chi connectivity index (χ1) is 20.8. The quantitative estimate of drug-likeness (QED) is 0.211. The van der Waals surface area contributed by atoms with Crippen LogP contribution in [-0.4, -0.2) is 62.4 Å². The molecular weight excluding hydrogens is 534 g/mol. The van der Waals surface area contributed by atoms with Crippen molar-refractivity contribution < 1.29 is 15.3 Å². The van der Waals surface area contributed by atoms with Gasteiger partial charge in [0.1, 0.15) is 5.75 Å². The Morgan fingerprint density at radius 3 is 1.77 bits per heavy atom. The van der Waals surface area contributed by atoms with Crippen molar-refractivity contribution in [1.29, 1.82) is 0 Å². The average molecular weight is 570 g/mol. The highest BCUT2D eigenvalue weighted by Crippen LogP contribution is 2.58. The molecule has 0 bridgehead atoms. The summed E-state index contributed by atoms with van der Waals surface area (Å²) in [6.07, 6.45) is -1.71. The molecule has 6 aromatic rings. The third-order valence-electron chi connectivity index (χ3n) is 9.88. The van der Waals surface area contributed by atoms with Crippen LogP contribution in [0, 0.1) is 0 Å². The second kappa shape index (κ2) is 9.24. The molecule has 1 aliphatic heterocycles. The molecule has 2 aliphatic rings. The van der Waals surface area contributed by atoms with E-state index in [1.807, 2.05) is 42.5 Å². The number of anilines is 3. The van der Waals surface area contributed by atoms with Crippen molar-refractivity contribution in [1.82, 2.24) is 0 Å². The molecule has 216 valence electrons. The molecule has 1 saturated carbocycles. The number of benzene rings is 6. The summed E-state index contributed by atoms with van der Waals surface area (Å²) in [7, 11) is 8.26. The van der Waals surface area contributed by atoms with Crippen LogP contribution in [-0.2, 0) is 0 Å². The molecule has 1 heterocycles. The number of nitrogens with zero attached hydrogens (tertiary/aromatic N) is 3. The van der Waals surface area contributed by atoms with Crippen molar-refractivity contribution >= 4 is 60.2 Å². The lowest BCUT2D eigenvalue weighted by Crippen LogP contribution is -2.52. The van der Waals surface area contributed by atoms with Gasteiger partial charge in [0.25, 0.3) is 0 Å². The Bertz CT molecular complexity index is 2040. The van der Waals surface area contributed by atoms with Gasteiger partial charge in [-0.05, 0) is 39.4 Å². The van der Waals surface area contributed by atoms with E-state index in [1.165, 1.54) is 0 Å². The lowest BCUT2D eigenvalue weighted by molar-refractivity contribution is -0.0766. The highest BCUT2D eigenvalue weighted by Gasteiger charge is 2.53. The fraction of sp³-hybridized carbons (Fsp3) is 0.243. The number of fused-ring (bicyclic) bond motifs is 4. The van der Waals surface area contributed by atoms with E-state index in [-0.39, 0.29) is 5.75 Å². The fourth-order valence-corrected chi connectivity index (χ4v) is 8.20. The summed E-state index contributed by atoms with van der Waals surface area (Å²) < 4.78 is 0. The first-order valence-electron chi connectivity index (χ1n) is 14.9. The van der Waals surface area contributed by atoms with Crippen molar-refractivity contribution in [2.24, 2.45) is 0 Å². The van der Waals surface area contributed by atoms with E-state index >= 15 is 0 Å². The molecule has 3 N–H and O–H groups in total. The van der Waals surface area contributed by atoms with E-state index in [2.05, 4.69) is 79.3 Å². The summed E-state index contributed by atoms with van der Waals surface area (Å²) >= 11 is 0. The minimum atomic E-state index is -0.856. The molecule has 2 atom stereocenters. The van der Waals surface area contributed by atoms with Crippen molar-refractivity contribution in [2.75, 3.05) is 49.6 Å². The zero-order valence-electron chi connectivity index (χ0n) is 24.8. The summed E-state index contributed by atoms with van der Waals surface area (Å²) in [5.41, 5.74) is 5.08. The molecule has 43 heavy (non-hydrogen) atoms. The Kier molecular flexibility index (Phi) is 5.61. The van der Waals surface area contributed by atoms with Gasteiger partial charge >= 0.3 is 0 Å². The molecule has 0 saturated heterocycles. The van der Waals surface area contributed by atoms with Crippen molar-refractivity contribution in [2.45, 2.75) is 24.0 Å². The summed E-state index contributed by atoms with van der Waals surface area (Å²) in [5, 5.41) is 43.7. The van der Waals surface area contributed by atoms with Crippen molar-refractivity contribution in [3.05, 3.63) is 96.1 Å². The predicted molar refractivity (Wildman–Crippen MR) is 178 cm³/mol. The number of phenols is 1. The largest absolute Gasteiger partial charge is 0.507 e. The normalized spacial score (nSPS) is 21.6. The highest BCUT2D eigenvalue weighted by atomic mass is 16.3. The van der Waals surface area contributed by atoms with Crippen LogP contribution in [0.15, 0.2) is 84.9 Å². The Morgan fingerprint density at radius 2 is 1.14 bits per heavy atom. The number of hydrogen-bond acceptors (Lipinski definition) is 6. The van der Waals surface area contributed by atoms with Gasteiger partial charge in [0.15, 0.2) is 0 Å². The summed E-state index contributed by atoms with van der Waals surface area (Å²) in [4.78, 5) is 6.57. The van der Waals surface area contributed by atoms with Crippen LogP contribution < -0.4 is 14.7 Å². The van der Waals surface area contributed by atoms with Gasteiger partial charge in [-0.2, -0.15) is 0 Å². The molecule has 1 fully saturated rings. The fourth-order valence-electron chi connectivity index (χ4n) is 8.20. The molecule has 1 aliphatic carbocycles. The minimum absolute atomic E-state index is 0.164. The van der Waals surface area contributed by atoms with E-state index in [0.29, 0.717) is 5.39 Å². The van der Waals surface area contributed by atoms with Gasteiger partial charge in [-0.15, -0.1) is 0 Å². The molecular formula is C37H35N3O3. The monoisotopic (exact) mass is 569 g/mol. The second-order valence-electron chi connectivity index (χ2n) is 12.5. The first kappa shape index (κ1) is 26.1. The van der Waals surface area contributed by atoms with Crippen LogP contribution in [0.4, 0.5) is 17.1 Å². The Balaban J connectivity index is 1.39. The van der Waals surface area contributed by atoms with Gasteiger partial charge in [-0.3, -0.25) is 0 Å².